The molecule has 2 aromatic heterocycles. The molecule has 17 aromatic rings. The molecule has 0 amide bonds. The summed E-state index contributed by atoms with van der Waals surface area (Å²) < 4.78 is 4.87. The topological polar surface area (TPSA) is 13.1 Å². The van der Waals surface area contributed by atoms with Gasteiger partial charge in [0.05, 0.1) is 27.5 Å². The quantitative estimate of drug-likeness (QED) is 0.131. The third-order valence-electron chi connectivity index (χ3n) is 19.0. The number of hydrogen-bond acceptors (Lipinski definition) is 1. The predicted molar refractivity (Wildman–Crippen MR) is 370 cm³/mol. The summed E-state index contributed by atoms with van der Waals surface area (Å²) >= 11 is 0. The molecule has 0 unspecified atom stereocenters. The molecule has 15 aromatic carbocycles. The molecule has 0 saturated carbocycles. The first-order chi connectivity index (χ1) is 43.7. The molecule has 0 atom stereocenters. The van der Waals surface area contributed by atoms with E-state index in [1.807, 2.05) is 0 Å². The van der Waals surface area contributed by atoms with Crippen molar-refractivity contribution in [1.82, 2.24) is 9.13 Å². The molecule has 0 fully saturated rings. The minimum Gasteiger partial charge on any atom is -0.310 e. The number of rotatable bonds is 9. The van der Waals surface area contributed by atoms with Gasteiger partial charge in [-0.1, -0.05) is 237 Å². The van der Waals surface area contributed by atoms with Crippen LogP contribution in [0.3, 0.4) is 0 Å². The average molecular weight is 1120 g/mol. The van der Waals surface area contributed by atoms with Crippen molar-refractivity contribution in [3.05, 3.63) is 356 Å². The van der Waals surface area contributed by atoms with E-state index in [4.69, 9.17) is 0 Å². The second-order valence-electron chi connectivity index (χ2n) is 23.5. The van der Waals surface area contributed by atoms with Crippen molar-refractivity contribution in [3.63, 3.8) is 0 Å². The number of aromatic nitrogens is 2. The first-order valence-corrected chi connectivity index (χ1v) is 30.5. The highest BCUT2D eigenvalue weighted by Gasteiger charge is 2.46. The molecule has 2 heterocycles. The summed E-state index contributed by atoms with van der Waals surface area (Å²) in [4.78, 5) is 2.41. The Hall–Kier alpha value is -11.5. The normalized spacial score (nSPS) is 12.6. The van der Waals surface area contributed by atoms with Crippen LogP contribution in [0.1, 0.15) is 22.3 Å². The summed E-state index contributed by atoms with van der Waals surface area (Å²) in [5.41, 5.74) is 22.0. The fraction of sp³-hybridized carbons (Fsp3) is 0.0118. The Labute approximate surface area is 510 Å². The molecule has 0 N–H and O–H groups in total. The van der Waals surface area contributed by atoms with Gasteiger partial charge in [0.2, 0.25) is 0 Å². The van der Waals surface area contributed by atoms with E-state index in [1.54, 1.807) is 0 Å². The lowest BCUT2D eigenvalue weighted by Gasteiger charge is -2.35. The lowest BCUT2D eigenvalue weighted by molar-refractivity contribution is 0.768. The van der Waals surface area contributed by atoms with Crippen LogP contribution in [0.15, 0.2) is 334 Å². The molecule has 3 heteroatoms. The number of fused-ring (bicyclic) bond motifs is 15. The molecule has 0 bridgehead atoms. The van der Waals surface area contributed by atoms with Crippen LogP contribution in [0, 0.1) is 0 Å². The highest BCUT2D eigenvalue weighted by Crippen LogP contribution is 2.57. The van der Waals surface area contributed by atoms with E-state index < -0.39 is 5.41 Å². The molecule has 0 aliphatic heterocycles. The number of benzene rings is 15. The molecule has 0 spiro atoms. The van der Waals surface area contributed by atoms with Gasteiger partial charge in [0.1, 0.15) is 0 Å². The summed E-state index contributed by atoms with van der Waals surface area (Å²) in [5, 5.41) is 12.5. The molecular weight excluding hydrogens is 1060 g/mol. The second kappa shape index (κ2) is 19.8. The average Bonchev–Trinajstić information content (AvgIpc) is 1.56. The van der Waals surface area contributed by atoms with Crippen molar-refractivity contribution in [2.45, 2.75) is 5.41 Å². The molecule has 0 radical (unpaired) electrons. The van der Waals surface area contributed by atoms with Crippen molar-refractivity contribution in [2.75, 3.05) is 4.90 Å². The van der Waals surface area contributed by atoms with Crippen LogP contribution < -0.4 is 4.90 Å². The third-order valence-corrected chi connectivity index (χ3v) is 19.0. The maximum Gasteiger partial charge on any atom is 0.0714 e. The SMILES string of the molecule is c1ccc(N(c2ccc(-c3ccc4c(c3)c3cc(-c5ccc(-n6c7ccccc7c7ccccc76)cc5)ccc3n4-c3ccc4c5ccccc5c5ccccc5c4c3)cc2)c2ccc3c(c2)C(c2ccccc2)(c2ccccc2)c2ccccc2-3)cc1. The van der Waals surface area contributed by atoms with E-state index in [9.17, 15) is 0 Å². The maximum atomic E-state index is 2.48. The first-order valence-electron chi connectivity index (χ1n) is 30.5. The molecule has 1 aliphatic rings. The summed E-state index contributed by atoms with van der Waals surface area (Å²) in [6.07, 6.45) is 0. The third kappa shape index (κ3) is 7.51. The molecular formula is C85H55N3. The van der Waals surface area contributed by atoms with Gasteiger partial charge in [0.15, 0.2) is 0 Å². The fourth-order valence-corrected chi connectivity index (χ4v) is 15.1. The van der Waals surface area contributed by atoms with Gasteiger partial charge < -0.3 is 14.0 Å². The smallest absolute Gasteiger partial charge is 0.0714 e. The van der Waals surface area contributed by atoms with Crippen molar-refractivity contribution in [2.24, 2.45) is 0 Å². The van der Waals surface area contributed by atoms with Gasteiger partial charge in [-0.15, -0.1) is 0 Å². The number of nitrogens with zero attached hydrogens (tertiary/aromatic N) is 3. The Kier molecular flexibility index (Phi) is 11.2. The van der Waals surface area contributed by atoms with Gasteiger partial charge in [0.25, 0.3) is 0 Å². The summed E-state index contributed by atoms with van der Waals surface area (Å²) in [6.45, 7) is 0. The van der Waals surface area contributed by atoms with Crippen LogP contribution in [0.5, 0.6) is 0 Å². The molecule has 1 aliphatic carbocycles. The summed E-state index contributed by atoms with van der Waals surface area (Å²) in [7, 11) is 0. The Balaban J connectivity index is 0.779. The van der Waals surface area contributed by atoms with Gasteiger partial charge in [0, 0.05) is 50.0 Å². The van der Waals surface area contributed by atoms with E-state index in [-0.39, 0.29) is 0 Å². The molecule has 0 saturated heterocycles. The monoisotopic (exact) mass is 1120 g/mol. The van der Waals surface area contributed by atoms with Crippen molar-refractivity contribution < 1.29 is 0 Å². The second-order valence-corrected chi connectivity index (χ2v) is 23.5. The minimum atomic E-state index is -0.518. The summed E-state index contributed by atoms with van der Waals surface area (Å²) in [5.74, 6) is 0. The largest absolute Gasteiger partial charge is 0.310 e. The Morgan fingerprint density at radius 3 is 1.19 bits per heavy atom. The van der Waals surface area contributed by atoms with E-state index in [1.165, 1.54) is 109 Å². The van der Waals surface area contributed by atoms with Gasteiger partial charge in [-0.2, -0.15) is 0 Å². The van der Waals surface area contributed by atoms with Crippen molar-refractivity contribution in [3.8, 4) is 44.8 Å². The minimum absolute atomic E-state index is 0.518. The Morgan fingerprint density at radius 1 is 0.216 bits per heavy atom. The van der Waals surface area contributed by atoms with Gasteiger partial charge in [-0.05, 0) is 185 Å². The zero-order valence-corrected chi connectivity index (χ0v) is 48.1. The zero-order chi connectivity index (χ0) is 57.9. The lowest BCUT2D eigenvalue weighted by atomic mass is 9.67. The predicted octanol–water partition coefficient (Wildman–Crippen LogP) is 22.5. The number of anilines is 3. The van der Waals surface area contributed by atoms with Crippen LogP contribution in [-0.4, -0.2) is 9.13 Å². The van der Waals surface area contributed by atoms with Crippen LogP contribution in [0.4, 0.5) is 17.1 Å². The van der Waals surface area contributed by atoms with E-state index in [2.05, 4.69) is 348 Å². The number of hydrogen-bond donors (Lipinski definition) is 0. The zero-order valence-electron chi connectivity index (χ0n) is 48.1. The van der Waals surface area contributed by atoms with Crippen LogP contribution in [-0.2, 0) is 5.41 Å². The van der Waals surface area contributed by atoms with Crippen molar-refractivity contribution in [1.29, 1.82) is 0 Å². The highest BCUT2D eigenvalue weighted by molar-refractivity contribution is 6.26. The molecule has 410 valence electrons. The van der Waals surface area contributed by atoms with Crippen LogP contribution >= 0.6 is 0 Å². The van der Waals surface area contributed by atoms with Gasteiger partial charge >= 0.3 is 0 Å². The maximum absolute atomic E-state index is 2.48. The standard InChI is InChI=1S/C85H55N3/c1-4-20-60(21-5-1)85(61-22-6-2-7-23-61)79-33-17-14-30-72(79)73-49-47-66(55-80(73)85)86(62-24-8-3-9-25-62)63-42-36-56(37-43-63)58-40-50-83-77(52-58)78-53-59(57-38-44-64(45-39-57)87-81-34-18-15-31-74(81)75-32-16-19-35-82(75)87)41-51-84(78)88(83)65-46-48-71-69-28-11-10-26-67(69)68-27-12-13-29-70(68)76(71)54-65/h1-55H. The Morgan fingerprint density at radius 2 is 0.614 bits per heavy atom. The molecule has 88 heavy (non-hydrogen) atoms. The van der Waals surface area contributed by atoms with Crippen LogP contribution in [0.2, 0.25) is 0 Å². The number of para-hydroxylation sites is 3. The fourth-order valence-electron chi connectivity index (χ4n) is 15.1. The van der Waals surface area contributed by atoms with Gasteiger partial charge in [-0.3, -0.25) is 0 Å². The van der Waals surface area contributed by atoms with E-state index in [0.717, 1.165) is 50.6 Å². The lowest BCUT2D eigenvalue weighted by Crippen LogP contribution is -2.28. The first kappa shape index (κ1) is 49.9. The molecule has 3 nitrogen and oxygen atoms in total. The van der Waals surface area contributed by atoms with Crippen molar-refractivity contribution >= 4 is 93.0 Å². The van der Waals surface area contributed by atoms with E-state index >= 15 is 0 Å². The highest BCUT2D eigenvalue weighted by atomic mass is 15.1. The van der Waals surface area contributed by atoms with Gasteiger partial charge in [-0.25, -0.2) is 0 Å². The van der Waals surface area contributed by atoms with E-state index in [0.29, 0.717) is 0 Å². The Bertz CT molecular complexity index is 5470. The summed E-state index contributed by atoms with van der Waals surface area (Å²) in [6, 6.07) is 124. The molecule has 18 rings (SSSR count). The van der Waals surface area contributed by atoms with Crippen LogP contribution in [0.25, 0.3) is 121 Å².